The number of nitrogens with two attached hydrogens (primary N) is 1. The third-order valence-corrected chi connectivity index (χ3v) is 2.45. The fourth-order valence-corrected chi connectivity index (χ4v) is 1.61. The van der Waals surface area contributed by atoms with Crippen LogP contribution < -0.4 is 5.73 Å². The van der Waals surface area contributed by atoms with E-state index in [4.69, 9.17) is 10.5 Å². The normalized spacial score (nSPS) is 28.1. The predicted molar refractivity (Wildman–Crippen MR) is 51.1 cm³/mol. The van der Waals surface area contributed by atoms with Crippen molar-refractivity contribution in [3.8, 4) is 0 Å². The number of carbonyl (C=O) groups is 1. The third-order valence-electron chi connectivity index (χ3n) is 2.45. The second-order valence-electron chi connectivity index (χ2n) is 3.53. The first-order valence-corrected chi connectivity index (χ1v) is 4.77. The van der Waals surface area contributed by atoms with Crippen LogP contribution in [0.1, 0.15) is 25.7 Å². The summed E-state index contributed by atoms with van der Waals surface area (Å²) in [5.74, 6) is -0.0217. The van der Waals surface area contributed by atoms with Crippen LogP contribution in [0.15, 0.2) is 12.7 Å². The molecular weight excluding hydrogens is 166 g/mol. The second kappa shape index (κ2) is 5.02. The molecule has 0 heterocycles. The molecule has 0 atom stereocenters. The van der Waals surface area contributed by atoms with Gasteiger partial charge in [0.15, 0.2) is 0 Å². The molecule has 1 rings (SSSR count). The van der Waals surface area contributed by atoms with E-state index in [9.17, 15) is 4.79 Å². The average Bonchev–Trinajstić information content (AvgIpc) is 2.15. The molecule has 3 nitrogen and oxygen atoms in total. The third kappa shape index (κ3) is 3.19. The smallest absolute Gasteiger partial charge is 0.309 e. The summed E-state index contributed by atoms with van der Waals surface area (Å²) in [7, 11) is 0. The molecule has 0 spiro atoms. The Morgan fingerprint density at radius 1 is 1.46 bits per heavy atom. The van der Waals surface area contributed by atoms with Gasteiger partial charge in [0, 0.05) is 6.04 Å². The average molecular weight is 183 g/mol. The predicted octanol–water partition coefficient (Wildman–Crippen LogP) is 1.23. The summed E-state index contributed by atoms with van der Waals surface area (Å²) in [6, 6.07) is 0.281. The van der Waals surface area contributed by atoms with E-state index in [0.717, 1.165) is 25.7 Å². The van der Waals surface area contributed by atoms with Gasteiger partial charge in [-0.05, 0) is 25.7 Å². The number of hydrogen-bond donors (Lipinski definition) is 1. The van der Waals surface area contributed by atoms with Crippen molar-refractivity contribution >= 4 is 5.97 Å². The van der Waals surface area contributed by atoms with E-state index in [0.29, 0.717) is 6.61 Å². The lowest BCUT2D eigenvalue weighted by Crippen LogP contribution is -2.30. The summed E-state index contributed by atoms with van der Waals surface area (Å²) < 4.78 is 4.97. The minimum absolute atomic E-state index is 0.0692. The largest absolute Gasteiger partial charge is 0.461 e. The maximum absolute atomic E-state index is 11.4. The fraction of sp³-hybridized carbons (Fsp3) is 0.700. The van der Waals surface area contributed by atoms with Gasteiger partial charge in [-0.3, -0.25) is 4.79 Å². The summed E-state index contributed by atoms with van der Waals surface area (Å²) in [6.07, 6.45) is 5.21. The molecule has 0 radical (unpaired) electrons. The zero-order valence-electron chi connectivity index (χ0n) is 7.87. The molecule has 0 bridgehead atoms. The number of esters is 1. The van der Waals surface area contributed by atoms with Crippen molar-refractivity contribution in [1.82, 2.24) is 0 Å². The minimum atomic E-state index is -0.0909. The molecule has 1 saturated carbocycles. The van der Waals surface area contributed by atoms with Gasteiger partial charge in [-0.25, -0.2) is 0 Å². The minimum Gasteiger partial charge on any atom is -0.461 e. The van der Waals surface area contributed by atoms with Gasteiger partial charge in [0.25, 0.3) is 0 Å². The zero-order chi connectivity index (χ0) is 9.68. The Morgan fingerprint density at radius 2 is 2.08 bits per heavy atom. The van der Waals surface area contributed by atoms with Gasteiger partial charge >= 0.3 is 5.97 Å². The number of hydrogen-bond acceptors (Lipinski definition) is 3. The molecule has 0 aliphatic heterocycles. The van der Waals surface area contributed by atoms with Crippen LogP contribution >= 0.6 is 0 Å². The lowest BCUT2D eigenvalue weighted by Gasteiger charge is -2.24. The van der Waals surface area contributed by atoms with Crippen molar-refractivity contribution in [2.45, 2.75) is 31.7 Å². The number of ether oxygens (including phenoxy) is 1. The second-order valence-corrected chi connectivity index (χ2v) is 3.53. The first-order chi connectivity index (χ1) is 6.24. The molecule has 1 fully saturated rings. The van der Waals surface area contributed by atoms with Crippen LogP contribution in [0.2, 0.25) is 0 Å². The Bertz CT molecular complexity index is 183. The Balaban J connectivity index is 2.27. The van der Waals surface area contributed by atoms with Crippen LogP contribution in [-0.2, 0) is 9.53 Å². The van der Waals surface area contributed by atoms with Crippen molar-refractivity contribution in [3.63, 3.8) is 0 Å². The van der Waals surface area contributed by atoms with E-state index >= 15 is 0 Å². The molecule has 1 aliphatic rings. The lowest BCUT2D eigenvalue weighted by atomic mass is 9.86. The van der Waals surface area contributed by atoms with Gasteiger partial charge in [0.1, 0.15) is 6.61 Å². The molecule has 0 aromatic heterocycles. The van der Waals surface area contributed by atoms with Crippen LogP contribution in [0, 0.1) is 5.92 Å². The van der Waals surface area contributed by atoms with Crippen LogP contribution in [0.4, 0.5) is 0 Å². The molecule has 3 heteroatoms. The highest BCUT2D eigenvalue weighted by atomic mass is 16.5. The molecule has 2 N–H and O–H groups in total. The van der Waals surface area contributed by atoms with Crippen LogP contribution in [0.5, 0.6) is 0 Å². The van der Waals surface area contributed by atoms with Crippen molar-refractivity contribution in [3.05, 3.63) is 12.7 Å². The number of carbonyl (C=O) groups excluding carboxylic acids is 1. The van der Waals surface area contributed by atoms with E-state index in [-0.39, 0.29) is 17.9 Å². The summed E-state index contributed by atoms with van der Waals surface area (Å²) in [4.78, 5) is 11.4. The van der Waals surface area contributed by atoms with E-state index in [1.807, 2.05) is 0 Å². The summed E-state index contributed by atoms with van der Waals surface area (Å²) in [5.41, 5.74) is 5.73. The van der Waals surface area contributed by atoms with Gasteiger partial charge in [0.2, 0.25) is 0 Å². The van der Waals surface area contributed by atoms with Gasteiger partial charge in [-0.15, -0.1) is 0 Å². The highest BCUT2D eigenvalue weighted by Crippen LogP contribution is 2.23. The molecule has 74 valence electrons. The Hall–Kier alpha value is -0.830. The topological polar surface area (TPSA) is 52.3 Å². The van der Waals surface area contributed by atoms with Crippen molar-refractivity contribution in [1.29, 1.82) is 0 Å². The standard InChI is InChI=1S/C10H17NO2/c1-2-7-13-10(12)8-3-5-9(11)6-4-8/h2,8-9H,1,3-7,11H2/t8-,9-. The molecule has 0 amide bonds. The first kappa shape index (κ1) is 10.3. The molecule has 0 saturated heterocycles. The lowest BCUT2D eigenvalue weighted by molar-refractivity contribution is -0.148. The van der Waals surface area contributed by atoms with E-state index in [1.54, 1.807) is 6.08 Å². The maximum atomic E-state index is 11.4. The van der Waals surface area contributed by atoms with Crippen LogP contribution in [-0.4, -0.2) is 18.6 Å². The number of rotatable bonds is 3. The Kier molecular flexibility index (Phi) is 3.96. The van der Waals surface area contributed by atoms with Crippen molar-refractivity contribution in [2.75, 3.05) is 6.61 Å². The van der Waals surface area contributed by atoms with Gasteiger partial charge < -0.3 is 10.5 Å². The van der Waals surface area contributed by atoms with Crippen LogP contribution in [0.25, 0.3) is 0 Å². The molecule has 1 aliphatic carbocycles. The first-order valence-electron chi connectivity index (χ1n) is 4.77. The maximum Gasteiger partial charge on any atom is 0.309 e. The summed E-state index contributed by atoms with van der Waals surface area (Å²) >= 11 is 0. The molecule has 0 unspecified atom stereocenters. The monoisotopic (exact) mass is 183 g/mol. The quantitative estimate of drug-likeness (QED) is 0.529. The van der Waals surface area contributed by atoms with E-state index < -0.39 is 0 Å². The highest BCUT2D eigenvalue weighted by molar-refractivity contribution is 5.72. The van der Waals surface area contributed by atoms with Gasteiger partial charge in [0.05, 0.1) is 5.92 Å². The summed E-state index contributed by atoms with van der Waals surface area (Å²) in [6.45, 7) is 3.81. The van der Waals surface area contributed by atoms with Gasteiger partial charge in [-0.2, -0.15) is 0 Å². The highest BCUT2D eigenvalue weighted by Gasteiger charge is 2.25. The van der Waals surface area contributed by atoms with Crippen LogP contribution in [0.3, 0.4) is 0 Å². The Labute approximate surface area is 78.9 Å². The molecule has 0 aromatic rings. The molecular formula is C10H17NO2. The van der Waals surface area contributed by atoms with E-state index in [2.05, 4.69) is 6.58 Å². The summed E-state index contributed by atoms with van der Waals surface area (Å²) in [5, 5.41) is 0. The zero-order valence-corrected chi connectivity index (χ0v) is 7.87. The molecule has 0 aromatic carbocycles. The fourth-order valence-electron chi connectivity index (χ4n) is 1.61. The van der Waals surface area contributed by atoms with Crippen molar-refractivity contribution < 1.29 is 9.53 Å². The Morgan fingerprint density at radius 3 is 2.62 bits per heavy atom. The van der Waals surface area contributed by atoms with E-state index in [1.165, 1.54) is 0 Å². The van der Waals surface area contributed by atoms with Gasteiger partial charge in [-0.1, -0.05) is 12.7 Å². The van der Waals surface area contributed by atoms with Crippen molar-refractivity contribution in [2.24, 2.45) is 11.7 Å². The SMILES string of the molecule is C=CCOC(=O)[C@H]1CC[C@H](N)CC1. The molecule has 13 heavy (non-hydrogen) atoms.